The standard InChI is InChI=1S/C25H24FN5O3/c26-17-5-3-4-16(14-17)25-31-30-24(34-25)15-8-10-18(11-9-15)27-22(32)13-12-21-28-20-7-2-1-6-19(20)23(33)29-21/h1-7,14-15,18H,8-13H2,(H,27,32)(H,28,29,33). The molecular weight excluding hydrogens is 437 g/mol. The molecule has 2 aromatic heterocycles. The van der Waals surface area contributed by atoms with Crippen LogP contribution >= 0.6 is 0 Å². The van der Waals surface area contributed by atoms with E-state index >= 15 is 0 Å². The van der Waals surface area contributed by atoms with Crippen molar-refractivity contribution >= 4 is 16.8 Å². The molecule has 174 valence electrons. The lowest BCUT2D eigenvalue weighted by Crippen LogP contribution is -2.37. The van der Waals surface area contributed by atoms with Crippen LogP contribution in [0.1, 0.15) is 49.7 Å². The Morgan fingerprint density at radius 3 is 2.74 bits per heavy atom. The smallest absolute Gasteiger partial charge is 0.258 e. The number of aromatic nitrogens is 4. The summed E-state index contributed by atoms with van der Waals surface area (Å²) in [7, 11) is 0. The molecular formula is C25H24FN5O3. The van der Waals surface area contributed by atoms with E-state index in [1.54, 1.807) is 30.3 Å². The number of carbonyl (C=O) groups excluding carboxylic acids is 1. The van der Waals surface area contributed by atoms with Crippen LogP contribution in [0.25, 0.3) is 22.4 Å². The van der Waals surface area contributed by atoms with Gasteiger partial charge in [-0.1, -0.05) is 18.2 Å². The van der Waals surface area contributed by atoms with Gasteiger partial charge in [0.15, 0.2) is 0 Å². The summed E-state index contributed by atoms with van der Waals surface area (Å²) in [4.78, 5) is 31.9. The highest BCUT2D eigenvalue weighted by Gasteiger charge is 2.27. The third kappa shape index (κ3) is 4.88. The van der Waals surface area contributed by atoms with Gasteiger partial charge in [-0.3, -0.25) is 9.59 Å². The van der Waals surface area contributed by atoms with Gasteiger partial charge >= 0.3 is 0 Å². The number of benzene rings is 2. The van der Waals surface area contributed by atoms with Crippen molar-refractivity contribution < 1.29 is 13.6 Å². The summed E-state index contributed by atoms with van der Waals surface area (Å²) in [6, 6.07) is 13.3. The Balaban J connectivity index is 1.12. The van der Waals surface area contributed by atoms with Gasteiger partial charge < -0.3 is 14.7 Å². The zero-order chi connectivity index (χ0) is 23.5. The quantitative estimate of drug-likeness (QED) is 0.450. The number of hydrogen-bond donors (Lipinski definition) is 2. The summed E-state index contributed by atoms with van der Waals surface area (Å²) in [6.07, 6.45) is 3.86. The van der Waals surface area contributed by atoms with E-state index in [2.05, 4.69) is 25.5 Å². The molecule has 0 atom stereocenters. The second-order valence-corrected chi connectivity index (χ2v) is 8.60. The van der Waals surface area contributed by atoms with Gasteiger partial charge in [-0.15, -0.1) is 10.2 Å². The first kappa shape index (κ1) is 21.9. The van der Waals surface area contributed by atoms with Crippen LogP contribution in [0.2, 0.25) is 0 Å². The highest BCUT2D eigenvalue weighted by Crippen LogP contribution is 2.33. The number of aromatic amines is 1. The van der Waals surface area contributed by atoms with E-state index in [4.69, 9.17) is 4.42 Å². The first-order chi connectivity index (χ1) is 16.5. The van der Waals surface area contributed by atoms with E-state index in [1.807, 2.05) is 6.07 Å². The first-order valence-electron chi connectivity index (χ1n) is 11.4. The fraction of sp³-hybridized carbons (Fsp3) is 0.320. The Morgan fingerprint density at radius 1 is 1.09 bits per heavy atom. The average Bonchev–Trinajstić information content (AvgIpc) is 3.34. The molecule has 1 saturated carbocycles. The van der Waals surface area contributed by atoms with Crippen molar-refractivity contribution in [1.82, 2.24) is 25.5 Å². The molecule has 2 aromatic carbocycles. The van der Waals surface area contributed by atoms with Crippen molar-refractivity contribution in [2.45, 2.75) is 50.5 Å². The molecule has 0 saturated heterocycles. The number of fused-ring (bicyclic) bond motifs is 1. The van der Waals surface area contributed by atoms with Gasteiger partial charge in [0.2, 0.25) is 17.7 Å². The molecule has 1 aliphatic rings. The fourth-order valence-corrected chi connectivity index (χ4v) is 4.41. The Bertz CT molecular complexity index is 1370. The Labute approximate surface area is 194 Å². The Kier molecular flexibility index (Phi) is 6.16. The van der Waals surface area contributed by atoms with Crippen LogP contribution in [0.4, 0.5) is 4.39 Å². The zero-order valence-corrected chi connectivity index (χ0v) is 18.5. The second-order valence-electron chi connectivity index (χ2n) is 8.60. The number of rotatable bonds is 6. The molecule has 0 radical (unpaired) electrons. The van der Waals surface area contributed by atoms with E-state index < -0.39 is 0 Å². The number of carbonyl (C=O) groups is 1. The fourth-order valence-electron chi connectivity index (χ4n) is 4.41. The third-order valence-corrected chi connectivity index (χ3v) is 6.20. The van der Waals surface area contributed by atoms with Crippen LogP contribution in [-0.2, 0) is 11.2 Å². The number of amides is 1. The molecule has 8 nitrogen and oxygen atoms in total. The van der Waals surface area contributed by atoms with Gasteiger partial charge in [0, 0.05) is 30.4 Å². The molecule has 2 N–H and O–H groups in total. The van der Waals surface area contributed by atoms with E-state index in [9.17, 15) is 14.0 Å². The SMILES string of the molecule is O=C(CCc1nc2ccccc2c(=O)[nH]1)NC1CCC(c2nnc(-c3cccc(F)c3)o2)CC1. The summed E-state index contributed by atoms with van der Waals surface area (Å²) in [5.41, 5.74) is 0.990. The summed E-state index contributed by atoms with van der Waals surface area (Å²) in [5.74, 6) is 1.07. The van der Waals surface area contributed by atoms with E-state index in [0.29, 0.717) is 40.5 Å². The van der Waals surface area contributed by atoms with Crippen LogP contribution in [0.15, 0.2) is 57.7 Å². The molecule has 0 unspecified atom stereocenters. The van der Waals surface area contributed by atoms with Gasteiger partial charge in [-0.05, 0) is 56.0 Å². The maximum absolute atomic E-state index is 13.4. The van der Waals surface area contributed by atoms with Crippen molar-refractivity contribution in [2.75, 3.05) is 0 Å². The number of para-hydroxylation sites is 1. The van der Waals surface area contributed by atoms with E-state index in [0.717, 1.165) is 25.7 Å². The summed E-state index contributed by atoms with van der Waals surface area (Å²) < 4.78 is 19.2. The molecule has 1 amide bonds. The van der Waals surface area contributed by atoms with Crippen LogP contribution in [0.3, 0.4) is 0 Å². The lowest BCUT2D eigenvalue weighted by Gasteiger charge is -2.27. The molecule has 34 heavy (non-hydrogen) atoms. The van der Waals surface area contributed by atoms with Gasteiger partial charge in [0.1, 0.15) is 11.6 Å². The van der Waals surface area contributed by atoms with E-state index in [-0.39, 0.29) is 35.7 Å². The predicted molar refractivity (Wildman–Crippen MR) is 124 cm³/mol. The molecule has 4 aromatic rings. The maximum Gasteiger partial charge on any atom is 0.258 e. The number of hydrogen-bond acceptors (Lipinski definition) is 6. The van der Waals surface area contributed by atoms with E-state index in [1.165, 1.54) is 12.1 Å². The van der Waals surface area contributed by atoms with Crippen LogP contribution < -0.4 is 10.9 Å². The predicted octanol–water partition coefficient (Wildman–Crippen LogP) is 3.89. The normalized spacial score (nSPS) is 18.1. The maximum atomic E-state index is 13.4. The molecule has 5 rings (SSSR count). The second kappa shape index (κ2) is 9.54. The first-order valence-corrected chi connectivity index (χ1v) is 11.4. The summed E-state index contributed by atoms with van der Waals surface area (Å²) in [5, 5.41) is 11.8. The molecule has 0 aliphatic heterocycles. The lowest BCUT2D eigenvalue weighted by molar-refractivity contribution is -0.122. The third-order valence-electron chi connectivity index (χ3n) is 6.20. The minimum Gasteiger partial charge on any atom is -0.420 e. The highest BCUT2D eigenvalue weighted by molar-refractivity contribution is 5.78. The topological polar surface area (TPSA) is 114 Å². The van der Waals surface area contributed by atoms with Crippen molar-refractivity contribution in [3.63, 3.8) is 0 Å². The number of nitrogens with zero attached hydrogens (tertiary/aromatic N) is 3. The molecule has 1 fully saturated rings. The van der Waals surface area contributed by atoms with Gasteiger partial charge in [0.05, 0.1) is 10.9 Å². The minimum atomic E-state index is -0.351. The number of H-pyrrole nitrogens is 1. The van der Waals surface area contributed by atoms with Crippen LogP contribution in [0.5, 0.6) is 0 Å². The Morgan fingerprint density at radius 2 is 1.91 bits per heavy atom. The van der Waals surface area contributed by atoms with Crippen molar-refractivity contribution in [2.24, 2.45) is 0 Å². The van der Waals surface area contributed by atoms with Crippen LogP contribution in [0, 0.1) is 5.82 Å². The molecule has 0 bridgehead atoms. The van der Waals surface area contributed by atoms with Crippen molar-refractivity contribution in [3.8, 4) is 11.5 Å². The monoisotopic (exact) mass is 461 g/mol. The van der Waals surface area contributed by atoms with Gasteiger partial charge in [-0.2, -0.15) is 0 Å². The van der Waals surface area contributed by atoms with Crippen molar-refractivity contribution in [1.29, 1.82) is 0 Å². The number of halogens is 1. The van der Waals surface area contributed by atoms with Crippen molar-refractivity contribution in [3.05, 3.63) is 76.4 Å². The van der Waals surface area contributed by atoms with Gasteiger partial charge in [-0.25, -0.2) is 9.37 Å². The number of nitrogens with one attached hydrogen (secondary N) is 2. The van der Waals surface area contributed by atoms with Gasteiger partial charge in [0.25, 0.3) is 5.56 Å². The molecule has 1 aliphatic carbocycles. The largest absolute Gasteiger partial charge is 0.420 e. The summed E-state index contributed by atoms with van der Waals surface area (Å²) >= 11 is 0. The van der Waals surface area contributed by atoms with Crippen LogP contribution in [-0.4, -0.2) is 32.1 Å². The summed E-state index contributed by atoms with van der Waals surface area (Å²) in [6.45, 7) is 0. The Hall–Kier alpha value is -3.88. The lowest BCUT2D eigenvalue weighted by atomic mass is 9.86. The highest BCUT2D eigenvalue weighted by atomic mass is 19.1. The molecule has 9 heteroatoms. The zero-order valence-electron chi connectivity index (χ0n) is 18.5. The molecule has 2 heterocycles. The molecule has 0 spiro atoms. The number of aryl methyl sites for hydroxylation is 1. The average molecular weight is 461 g/mol. The minimum absolute atomic E-state index is 0.0644.